The number of hydrogen-bond donors (Lipinski definition) is 0. The summed E-state index contributed by atoms with van der Waals surface area (Å²) in [7, 11) is 0. The summed E-state index contributed by atoms with van der Waals surface area (Å²) in [6.45, 7) is 0. The number of aromatic nitrogens is 2. The molecule has 4 heteroatoms. The van der Waals surface area contributed by atoms with Crippen molar-refractivity contribution in [3.63, 3.8) is 0 Å². The molecular weight excluding hydrogens is 548 g/mol. The molecule has 4 aliphatic rings. The van der Waals surface area contributed by atoms with Crippen LogP contribution in [0.5, 0.6) is 0 Å². The Morgan fingerprint density at radius 1 is 0.533 bits per heavy atom. The molecule has 45 heavy (non-hydrogen) atoms. The lowest BCUT2D eigenvalue weighted by Crippen LogP contribution is -2.42. The van der Waals surface area contributed by atoms with Crippen molar-refractivity contribution in [1.82, 2.24) is 9.55 Å². The molecule has 0 N–H and O–H groups in total. The molecular formula is C41H30N4. The molecule has 2 aliphatic heterocycles. The van der Waals surface area contributed by atoms with Crippen molar-refractivity contribution < 1.29 is 0 Å². The summed E-state index contributed by atoms with van der Waals surface area (Å²) in [6.07, 6.45) is 14.0. The number of nitrogens with zero attached hydrogens (tertiary/aromatic N) is 4. The van der Waals surface area contributed by atoms with Crippen LogP contribution in [0.2, 0.25) is 0 Å². The third-order valence-electron chi connectivity index (χ3n) is 10.1. The third kappa shape index (κ3) is 3.45. The second-order valence-corrected chi connectivity index (χ2v) is 12.3. The van der Waals surface area contributed by atoms with Gasteiger partial charge in [0, 0.05) is 39.7 Å². The predicted octanol–water partition coefficient (Wildman–Crippen LogP) is 9.24. The molecule has 2 aliphatic carbocycles. The number of hydrogen-bond acceptors (Lipinski definition) is 3. The first-order chi connectivity index (χ1) is 22.4. The average Bonchev–Trinajstić information content (AvgIpc) is 3.75. The molecule has 4 aromatic carbocycles. The standard InChI is InChI=1S/C41H30N4/c1-2-13-27(14-3-1)43-34-19-8-6-17-30(34)32-25-26-33-31-18-7-11-22-37(31)45(41(33)40(32)43)39-24-12-23-38(42-39)44-35-20-9-4-15-28(35)29-16-5-10-21-36(29)44/h1-26,31-32,37,40H. The van der Waals surface area contributed by atoms with Gasteiger partial charge in [-0.05, 0) is 53.6 Å². The highest BCUT2D eigenvalue weighted by atomic mass is 15.3. The maximum atomic E-state index is 5.49. The molecule has 10 rings (SSSR count). The Balaban J connectivity index is 1.18. The van der Waals surface area contributed by atoms with Crippen LogP contribution in [0.1, 0.15) is 11.5 Å². The van der Waals surface area contributed by atoms with E-state index >= 15 is 0 Å². The van der Waals surface area contributed by atoms with Crippen molar-refractivity contribution in [3.8, 4) is 5.82 Å². The van der Waals surface area contributed by atoms with Crippen molar-refractivity contribution >= 4 is 39.0 Å². The largest absolute Gasteiger partial charge is 0.331 e. The van der Waals surface area contributed by atoms with Crippen molar-refractivity contribution in [3.05, 3.63) is 175 Å². The Bertz CT molecular complexity index is 2220. The molecule has 6 aromatic rings. The van der Waals surface area contributed by atoms with Crippen LogP contribution in [0.4, 0.5) is 17.2 Å². The summed E-state index contributed by atoms with van der Waals surface area (Å²) >= 11 is 0. The summed E-state index contributed by atoms with van der Waals surface area (Å²) in [6, 6.07) is 43.9. The van der Waals surface area contributed by atoms with E-state index in [4.69, 9.17) is 4.98 Å². The third-order valence-corrected chi connectivity index (χ3v) is 10.1. The van der Waals surface area contributed by atoms with E-state index in [0.29, 0.717) is 0 Å². The molecule has 2 aromatic heterocycles. The molecule has 0 spiro atoms. The second kappa shape index (κ2) is 9.44. The van der Waals surface area contributed by atoms with Crippen LogP contribution in [0.3, 0.4) is 0 Å². The van der Waals surface area contributed by atoms with Crippen LogP contribution in [0.15, 0.2) is 169 Å². The Kier molecular flexibility index (Phi) is 5.20. The topological polar surface area (TPSA) is 24.3 Å². The van der Waals surface area contributed by atoms with Gasteiger partial charge in [-0.2, -0.15) is 0 Å². The van der Waals surface area contributed by atoms with Crippen LogP contribution >= 0.6 is 0 Å². The SMILES string of the molecule is C1=CC2C3=C(C4C(C=C3)c3ccccc3N4c3ccccc3)N(c3cccc(-n4c5ccccc5c5ccccc54)n3)C2C=C1. The molecule has 4 atom stereocenters. The van der Waals surface area contributed by atoms with Crippen LogP contribution < -0.4 is 9.80 Å². The molecule has 4 unspecified atom stereocenters. The highest BCUT2D eigenvalue weighted by Gasteiger charge is 2.50. The minimum Gasteiger partial charge on any atom is -0.331 e. The second-order valence-electron chi connectivity index (χ2n) is 12.3. The quantitative estimate of drug-likeness (QED) is 0.209. The maximum absolute atomic E-state index is 5.49. The summed E-state index contributed by atoms with van der Waals surface area (Å²) in [5.41, 5.74) is 8.95. The van der Waals surface area contributed by atoms with E-state index in [9.17, 15) is 0 Å². The Morgan fingerprint density at radius 3 is 2.04 bits per heavy atom. The lowest BCUT2D eigenvalue weighted by Gasteiger charge is -2.38. The highest BCUT2D eigenvalue weighted by molar-refractivity contribution is 6.09. The first kappa shape index (κ1) is 24.8. The van der Waals surface area contributed by atoms with Crippen molar-refractivity contribution in [2.75, 3.05) is 9.80 Å². The first-order valence-electron chi connectivity index (χ1n) is 15.8. The van der Waals surface area contributed by atoms with Crippen LogP contribution in [0, 0.1) is 5.92 Å². The van der Waals surface area contributed by atoms with E-state index in [1.54, 1.807) is 0 Å². The normalized spacial score (nSPS) is 22.7. The fourth-order valence-electron chi connectivity index (χ4n) is 8.29. The molecule has 0 bridgehead atoms. The molecule has 0 saturated heterocycles. The van der Waals surface area contributed by atoms with Crippen molar-refractivity contribution in [2.45, 2.75) is 18.0 Å². The van der Waals surface area contributed by atoms with Gasteiger partial charge in [-0.25, -0.2) is 4.98 Å². The lowest BCUT2D eigenvalue weighted by molar-refractivity contribution is 0.649. The van der Waals surface area contributed by atoms with Crippen LogP contribution in [0.25, 0.3) is 27.6 Å². The summed E-state index contributed by atoms with van der Waals surface area (Å²) < 4.78 is 2.32. The molecule has 4 nitrogen and oxygen atoms in total. The van der Waals surface area contributed by atoms with E-state index in [-0.39, 0.29) is 23.9 Å². The minimum atomic E-state index is 0.121. The number of allylic oxidation sites excluding steroid dienone is 3. The van der Waals surface area contributed by atoms with Gasteiger partial charge in [-0.15, -0.1) is 0 Å². The number of pyridine rings is 1. The number of para-hydroxylation sites is 4. The molecule has 4 heterocycles. The monoisotopic (exact) mass is 578 g/mol. The van der Waals surface area contributed by atoms with Gasteiger partial charge in [-0.1, -0.05) is 115 Å². The Morgan fingerprint density at radius 2 is 1.22 bits per heavy atom. The van der Waals surface area contributed by atoms with Crippen molar-refractivity contribution in [2.24, 2.45) is 5.92 Å². The maximum Gasteiger partial charge on any atom is 0.140 e. The lowest BCUT2D eigenvalue weighted by atomic mass is 9.82. The number of fused-ring (bicyclic) bond motifs is 9. The summed E-state index contributed by atoms with van der Waals surface area (Å²) in [5.74, 6) is 2.43. The number of anilines is 3. The highest BCUT2D eigenvalue weighted by Crippen LogP contribution is 2.55. The summed E-state index contributed by atoms with van der Waals surface area (Å²) in [4.78, 5) is 10.6. The van der Waals surface area contributed by atoms with E-state index in [1.807, 2.05) is 0 Å². The van der Waals surface area contributed by atoms with E-state index < -0.39 is 0 Å². The van der Waals surface area contributed by atoms with Gasteiger partial charge in [-0.3, -0.25) is 4.57 Å². The van der Waals surface area contributed by atoms with Crippen molar-refractivity contribution in [1.29, 1.82) is 0 Å². The molecule has 0 amide bonds. The Hall–Kier alpha value is -5.61. The van der Waals surface area contributed by atoms with E-state index in [1.165, 1.54) is 50.0 Å². The average molecular weight is 579 g/mol. The van der Waals surface area contributed by atoms with Gasteiger partial charge in [0.1, 0.15) is 11.6 Å². The Labute approximate surface area is 262 Å². The number of rotatable bonds is 3. The zero-order chi connectivity index (χ0) is 29.5. The molecule has 0 fully saturated rings. The molecule has 0 saturated carbocycles. The fourth-order valence-corrected chi connectivity index (χ4v) is 8.29. The zero-order valence-electron chi connectivity index (χ0n) is 24.6. The smallest absolute Gasteiger partial charge is 0.140 e. The molecule has 0 radical (unpaired) electrons. The number of benzene rings is 4. The first-order valence-corrected chi connectivity index (χ1v) is 15.8. The van der Waals surface area contributed by atoms with Crippen LogP contribution in [-0.4, -0.2) is 21.6 Å². The van der Waals surface area contributed by atoms with Gasteiger partial charge < -0.3 is 9.80 Å². The van der Waals surface area contributed by atoms with Gasteiger partial charge in [0.15, 0.2) is 0 Å². The van der Waals surface area contributed by atoms with Gasteiger partial charge >= 0.3 is 0 Å². The summed E-state index contributed by atoms with van der Waals surface area (Å²) in [5, 5.41) is 2.49. The van der Waals surface area contributed by atoms with Gasteiger partial charge in [0.2, 0.25) is 0 Å². The fraction of sp³-hybridized carbons (Fsp3) is 0.0976. The molecule has 214 valence electrons. The predicted molar refractivity (Wildman–Crippen MR) is 184 cm³/mol. The van der Waals surface area contributed by atoms with Gasteiger partial charge in [0.05, 0.1) is 23.1 Å². The van der Waals surface area contributed by atoms with E-state index in [2.05, 4.69) is 172 Å². The zero-order valence-corrected chi connectivity index (χ0v) is 24.6. The minimum absolute atomic E-state index is 0.121. The van der Waals surface area contributed by atoms with E-state index in [0.717, 1.165) is 11.6 Å². The van der Waals surface area contributed by atoms with Gasteiger partial charge in [0.25, 0.3) is 0 Å². The van der Waals surface area contributed by atoms with Crippen LogP contribution in [-0.2, 0) is 0 Å².